The Kier molecular flexibility index (Phi) is 5.84. The van der Waals surface area contributed by atoms with Gasteiger partial charge in [-0.3, -0.25) is 0 Å². The van der Waals surface area contributed by atoms with Crippen LogP contribution >= 0.6 is 0 Å². The van der Waals surface area contributed by atoms with E-state index in [-0.39, 0.29) is 12.0 Å². The maximum Gasteiger partial charge on any atom is 0.410 e. The Balaban J connectivity index is 1.47. The van der Waals surface area contributed by atoms with Crippen molar-refractivity contribution in [3.05, 3.63) is 102 Å². The van der Waals surface area contributed by atoms with E-state index in [2.05, 4.69) is 30.8 Å². The van der Waals surface area contributed by atoms with Crippen molar-refractivity contribution in [2.24, 2.45) is 0 Å². The first-order valence-corrected chi connectivity index (χ1v) is 10.0. The van der Waals surface area contributed by atoms with Crippen molar-refractivity contribution in [1.82, 2.24) is 4.90 Å². The largest absolute Gasteiger partial charge is 0.497 e. The van der Waals surface area contributed by atoms with Crippen molar-refractivity contribution >= 4 is 6.09 Å². The van der Waals surface area contributed by atoms with E-state index < -0.39 is 0 Å². The lowest BCUT2D eigenvalue weighted by Gasteiger charge is -2.22. The molecule has 0 atom stereocenters. The van der Waals surface area contributed by atoms with E-state index in [4.69, 9.17) is 9.47 Å². The van der Waals surface area contributed by atoms with Crippen LogP contribution in [-0.2, 0) is 11.3 Å². The number of benzene rings is 3. The molecule has 1 aliphatic rings. The zero-order chi connectivity index (χ0) is 20.9. The molecule has 0 saturated carbocycles. The highest BCUT2D eigenvalue weighted by atomic mass is 16.6. The number of carbonyl (C=O) groups excluding carboxylic acids is 1. The molecule has 0 N–H and O–H groups in total. The number of rotatable bonds is 7. The van der Waals surface area contributed by atoms with Gasteiger partial charge < -0.3 is 14.4 Å². The highest BCUT2D eigenvalue weighted by molar-refractivity contribution is 5.79. The fourth-order valence-corrected chi connectivity index (χ4v) is 4.00. The van der Waals surface area contributed by atoms with Crippen molar-refractivity contribution in [3.63, 3.8) is 0 Å². The molecule has 0 aromatic heterocycles. The van der Waals surface area contributed by atoms with Crippen LogP contribution < -0.4 is 4.74 Å². The Morgan fingerprint density at radius 1 is 0.967 bits per heavy atom. The minimum Gasteiger partial charge on any atom is -0.497 e. The number of fused-ring (bicyclic) bond motifs is 3. The van der Waals surface area contributed by atoms with Gasteiger partial charge in [-0.05, 0) is 39.9 Å². The van der Waals surface area contributed by atoms with E-state index in [0.29, 0.717) is 19.7 Å². The van der Waals surface area contributed by atoms with Gasteiger partial charge in [0.1, 0.15) is 12.4 Å². The summed E-state index contributed by atoms with van der Waals surface area (Å²) < 4.78 is 11.0. The number of nitrogens with zero attached hydrogens (tertiary/aromatic N) is 1. The third kappa shape index (κ3) is 3.94. The Bertz CT molecular complexity index is 997. The Morgan fingerprint density at radius 3 is 2.13 bits per heavy atom. The molecule has 0 fully saturated rings. The molecule has 3 aromatic carbocycles. The van der Waals surface area contributed by atoms with E-state index >= 15 is 0 Å². The molecule has 1 aliphatic carbocycles. The first-order chi connectivity index (χ1) is 14.7. The molecule has 4 rings (SSSR count). The van der Waals surface area contributed by atoms with Gasteiger partial charge in [-0.15, -0.1) is 6.58 Å². The molecular weight excluding hydrogens is 374 g/mol. The highest BCUT2D eigenvalue weighted by Gasteiger charge is 2.29. The molecule has 0 radical (unpaired) electrons. The predicted octanol–water partition coefficient (Wildman–Crippen LogP) is 5.63. The Morgan fingerprint density at radius 2 is 1.57 bits per heavy atom. The van der Waals surface area contributed by atoms with Crippen LogP contribution in [0.3, 0.4) is 0 Å². The van der Waals surface area contributed by atoms with Crippen LogP contribution in [0.4, 0.5) is 4.79 Å². The summed E-state index contributed by atoms with van der Waals surface area (Å²) in [6, 6.07) is 24.3. The molecule has 0 aliphatic heterocycles. The summed E-state index contributed by atoms with van der Waals surface area (Å²) in [5.74, 6) is 0.836. The summed E-state index contributed by atoms with van der Waals surface area (Å²) in [5, 5.41) is 0. The van der Waals surface area contributed by atoms with Crippen LogP contribution in [0.2, 0.25) is 0 Å². The monoisotopic (exact) mass is 399 g/mol. The summed E-state index contributed by atoms with van der Waals surface area (Å²) in [5.41, 5.74) is 5.85. The number of methoxy groups -OCH3 is 1. The van der Waals surface area contributed by atoms with E-state index in [1.54, 1.807) is 18.1 Å². The third-order valence-corrected chi connectivity index (χ3v) is 5.48. The molecular formula is C26H25NO3. The van der Waals surface area contributed by atoms with E-state index in [0.717, 1.165) is 11.3 Å². The average molecular weight is 399 g/mol. The standard InChI is InChI=1S/C26H25NO3/c1-3-16-27(17-19-12-14-20(29-2)15-13-19)26(28)30-18-25-23-10-6-4-8-21(23)22-9-5-7-11-24(22)25/h3-15,25H,1,16-18H2,2H3. The minimum atomic E-state index is -0.340. The lowest BCUT2D eigenvalue weighted by molar-refractivity contribution is 0.101. The second-order valence-corrected chi connectivity index (χ2v) is 7.32. The van der Waals surface area contributed by atoms with Crippen molar-refractivity contribution < 1.29 is 14.3 Å². The van der Waals surface area contributed by atoms with Crippen LogP contribution in [0.25, 0.3) is 11.1 Å². The van der Waals surface area contributed by atoms with Gasteiger partial charge in [0, 0.05) is 19.0 Å². The highest BCUT2D eigenvalue weighted by Crippen LogP contribution is 2.44. The van der Waals surface area contributed by atoms with Gasteiger partial charge >= 0.3 is 6.09 Å². The third-order valence-electron chi connectivity index (χ3n) is 5.48. The average Bonchev–Trinajstić information content (AvgIpc) is 3.11. The van der Waals surface area contributed by atoms with Crippen molar-refractivity contribution in [2.75, 3.05) is 20.3 Å². The van der Waals surface area contributed by atoms with Gasteiger partial charge in [0.2, 0.25) is 0 Å². The fourth-order valence-electron chi connectivity index (χ4n) is 4.00. The number of ether oxygens (including phenoxy) is 2. The maximum atomic E-state index is 12.9. The van der Waals surface area contributed by atoms with Crippen LogP contribution in [0.15, 0.2) is 85.5 Å². The molecule has 3 aromatic rings. The normalized spacial score (nSPS) is 12.0. The first-order valence-electron chi connectivity index (χ1n) is 10.0. The molecule has 0 heterocycles. The second kappa shape index (κ2) is 8.87. The Hall–Kier alpha value is -3.53. The van der Waals surface area contributed by atoms with Crippen LogP contribution in [0.5, 0.6) is 5.75 Å². The summed E-state index contributed by atoms with van der Waals surface area (Å²) in [4.78, 5) is 14.5. The van der Waals surface area contributed by atoms with Gasteiger partial charge in [0.05, 0.1) is 7.11 Å². The molecule has 0 spiro atoms. The van der Waals surface area contributed by atoms with Crippen LogP contribution in [0.1, 0.15) is 22.6 Å². The molecule has 0 bridgehead atoms. The molecule has 0 unspecified atom stereocenters. The smallest absolute Gasteiger partial charge is 0.410 e. The molecule has 4 nitrogen and oxygen atoms in total. The van der Waals surface area contributed by atoms with E-state index in [1.165, 1.54) is 22.3 Å². The summed E-state index contributed by atoms with van der Waals surface area (Å²) >= 11 is 0. The summed E-state index contributed by atoms with van der Waals surface area (Å²) in [6.45, 7) is 4.96. The topological polar surface area (TPSA) is 38.8 Å². The molecule has 4 heteroatoms. The fraction of sp³-hybridized carbons (Fsp3) is 0.192. The zero-order valence-corrected chi connectivity index (χ0v) is 17.1. The maximum absolute atomic E-state index is 12.9. The van der Waals surface area contributed by atoms with Crippen molar-refractivity contribution in [3.8, 4) is 16.9 Å². The van der Waals surface area contributed by atoms with Gasteiger partial charge in [0.25, 0.3) is 0 Å². The first kappa shape index (κ1) is 19.8. The SMILES string of the molecule is C=CCN(Cc1ccc(OC)cc1)C(=O)OCC1c2ccccc2-c2ccccc21. The van der Waals surface area contributed by atoms with Gasteiger partial charge in [-0.1, -0.05) is 66.7 Å². The lowest BCUT2D eigenvalue weighted by Crippen LogP contribution is -2.32. The molecule has 0 saturated heterocycles. The van der Waals surface area contributed by atoms with Crippen molar-refractivity contribution in [1.29, 1.82) is 0 Å². The van der Waals surface area contributed by atoms with Gasteiger partial charge in [0.15, 0.2) is 0 Å². The molecule has 152 valence electrons. The molecule has 30 heavy (non-hydrogen) atoms. The van der Waals surface area contributed by atoms with Gasteiger partial charge in [-0.2, -0.15) is 0 Å². The van der Waals surface area contributed by atoms with E-state index in [1.807, 2.05) is 48.5 Å². The number of carbonyl (C=O) groups is 1. The lowest BCUT2D eigenvalue weighted by atomic mass is 9.98. The summed E-state index contributed by atoms with van der Waals surface area (Å²) in [7, 11) is 1.63. The quantitative estimate of drug-likeness (QED) is 0.483. The Labute approximate surface area is 177 Å². The predicted molar refractivity (Wildman–Crippen MR) is 119 cm³/mol. The minimum absolute atomic E-state index is 0.0490. The van der Waals surface area contributed by atoms with E-state index in [9.17, 15) is 4.79 Å². The van der Waals surface area contributed by atoms with Gasteiger partial charge in [-0.25, -0.2) is 4.79 Å². The molecule has 1 amide bonds. The number of hydrogen-bond donors (Lipinski definition) is 0. The van der Waals surface area contributed by atoms with Crippen molar-refractivity contribution in [2.45, 2.75) is 12.5 Å². The second-order valence-electron chi connectivity index (χ2n) is 7.32. The van der Waals surface area contributed by atoms with Crippen LogP contribution in [-0.4, -0.2) is 31.3 Å². The van der Waals surface area contributed by atoms with Crippen LogP contribution in [0, 0.1) is 0 Å². The number of hydrogen-bond acceptors (Lipinski definition) is 3. The summed E-state index contributed by atoms with van der Waals surface area (Å²) in [6.07, 6.45) is 1.37. The zero-order valence-electron chi connectivity index (χ0n) is 17.1. The number of amides is 1.